The van der Waals surface area contributed by atoms with E-state index in [0.29, 0.717) is 12.9 Å². The zero-order chi connectivity index (χ0) is 9.26. The van der Waals surface area contributed by atoms with Crippen LogP contribution in [0.15, 0.2) is 16.4 Å². The summed E-state index contributed by atoms with van der Waals surface area (Å²) in [6.45, 7) is 3.84. The molecule has 1 aliphatic rings. The maximum Gasteiger partial charge on any atom is 0.110 e. The van der Waals surface area contributed by atoms with Crippen molar-refractivity contribution in [2.45, 2.75) is 13.3 Å². The monoisotopic (exact) mass is 181 g/mol. The van der Waals surface area contributed by atoms with Crippen LogP contribution in [-0.2, 0) is 0 Å². The van der Waals surface area contributed by atoms with Gasteiger partial charge in [-0.15, -0.1) is 11.3 Å². The molecule has 0 fully saturated rings. The van der Waals surface area contributed by atoms with Gasteiger partial charge in [-0.25, -0.2) is 0 Å². The Balaban J connectivity index is 2.32. The van der Waals surface area contributed by atoms with Gasteiger partial charge in [-0.2, -0.15) is 0 Å². The van der Waals surface area contributed by atoms with Crippen LogP contribution in [0, 0.1) is 0 Å². The van der Waals surface area contributed by atoms with E-state index < -0.39 is 0 Å². The van der Waals surface area contributed by atoms with Crippen molar-refractivity contribution < 1.29 is 1.37 Å². The van der Waals surface area contributed by atoms with Gasteiger partial charge in [0.05, 0.1) is 1.37 Å². The standard InChI is InChI=1S/C9H12N2S/c1-2-4-11-7-10-6-8-3-5-12-9(8)11/h3,5-6H,2,4,7H2,1H3/i6D. The van der Waals surface area contributed by atoms with Crippen LogP contribution in [-0.4, -0.2) is 19.4 Å². The quantitative estimate of drug-likeness (QED) is 0.684. The molecule has 0 N–H and O–H groups in total. The summed E-state index contributed by atoms with van der Waals surface area (Å²) >= 11 is 1.70. The molecule has 0 saturated heterocycles. The maximum atomic E-state index is 7.62. The lowest BCUT2D eigenvalue weighted by Gasteiger charge is -2.23. The van der Waals surface area contributed by atoms with Crippen molar-refractivity contribution >= 4 is 22.5 Å². The fourth-order valence-corrected chi connectivity index (χ4v) is 2.22. The highest BCUT2D eigenvalue weighted by atomic mass is 32.1. The number of fused-ring (bicyclic) bond motifs is 1. The Morgan fingerprint density at radius 3 is 3.58 bits per heavy atom. The van der Waals surface area contributed by atoms with Crippen LogP contribution in [0.2, 0.25) is 0 Å². The molecule has 0 amide bonds. The van der Waals surface area contributed by atoms with Gasteiger partial charge in [-0.1, -0.05) is 6.92 Å². The minimum absolute atomic E-state index is 0.434. The van der Waals surface area contributed by atoms with Crippen LogP contribution in [0.4, 0.5) is 5.00 Å². The van der Waals surface area contributed by atoms with E-state index in [4.69, 9.17) is 1.37 Å². The maximum absolute atomic E-state index is 7.62. The van der Waals surface area contributed by atoms with Crippen LogP contribution in [0.25, 0.3) is 0 Å². The first-order valence-corrected chi connectivity index (χ1v) is 5.04. The highest BCUT2D eigenvalue weighted by Gasteiger charge is 2.13. The highest BCUT2D eigenvalue weighted by Crippen LogP contribution is 2.28. The van der Waals surface area contributed by atoms with Crippen LogP contribution in [0.1, 0.15) is 20.3 Å². The minimum Gasteiger partial charge on any atom is -0.343 e. The molecule has 1 aromatic heterocycles. The predicted molar refractivity (Wildman–Crippen MR) is 54.4 cm³/mol. The van der Waals surface area contributed by atoms with Gasteiger partial charge < -0.3 is 4.90 Å². The molecule has 0 atom stereocenters. The van der Waals surface area contributed by atoms with Crippen molar-refractivity contribution in [2.75, 3.05) is 18.1 Å². The second-order valence-corrected chi connectivity index (χ2v) is 3.71. The van der Waals surface area contributed by atoms with E-state index in [1.165, 1.54) is 5.00 Å². The number of anilines is 1. The summed E-state index contributed by atoms with van der Waals surface area (Å²) in [5.74, 6) is 0. The van der Waals surface area contributed by atoms with E-state index in [0.717, 1.165) is 18.5 Å². The van der Waals surface area contributed by atoms with E-state index in [1.54, 1.807) is 11.3 Å². The molecular weight excluding hydrogens is 168 g/mol. The lowest BCUT2D eigenvalue weighted by molar-refractivity contribution is 0.780. The van der Waals surface area contributed by atoms with E-state index in [9.17, 15) is 0 Å². The number of nitrogens with zero attached hydrogens (tertiary/aromatic N) is 2. The Hall–Kier alpha value is -0.830. The number of hydrogen-bond acceptors (Lipinski definition) is 3. The SMILES string of the molecule is [2H]C1=NCN(CCC)c2sccc21. The number of rotatable bonds is 2. The van der Waals surface area contributed by atoms with Gasteiger partial charge in [-0.05, 0) is 17.9 Å². The number of hydrogen-bond donors (Lipinski definition) is 0. The molecular formula is C9H12N2S. The zero-order valence-corrected chi connectivity index (χ0v) is 7.90. The highest BCUT2D eigenvalue weighted by molar-refractivity contribution is 7.14. The van der Waals surface area contributed by atoms with Crippen LogP contribution in [0.3, 0.4) is 0 Å². The average molecular weight is 181 g/mol. The van der Waals surface area contributed by atoms with Gasteiger partial charge in [0.1, 0.15) is 11.7 Å². The Labute approximate surface area is 78.0 Å². The molecule has 1 aliphatic heterocycles. The van der Waals surface area contributed by atoms with Crippen molar-refractivity contribution in [3.05, 3.63) is 17.0 Å². The molecule has 0 aliphatic carbocycles. The van der Waals surface area contributed by atoms with Gasteiger partial charge in [0.25, 0.3) is 0 Å². The molecule has 0 aromatic carbocycles. The third-order valence-electron chi connectivity index (χ3n) is 1.87. The van der Waals surface area contributed by atoms with Crippen molar-refractivity contribution in [2.24, 2.45) is 4.99 Å². The van der Waals surface area contributed by atoms with Gasteiger partial charge in [0.15, 0.2) is 0 Å². The summed E-state index contributed by atoms with van der Waals surface area (Å²) < 4.78 is 7.62. The molecule has 2 heterocycles. The van der Waals surface area contributed by atoms with Crippen molar-refractivity contribution in [1.82, 2.24) is 0 Å². The van der Waals surface area contributed by atoms with E-state index in [1.807, 2.05) is 11.4 Å². The Morgan fingerprint density at radius 1 is 1.83 bits per heavy atom. The smallest absolute Gasteiger partial charge is 0.110 e. The summed E-state index contributed by atoms with van der Waals surface area (Å²) in [5.41, 5.74) is 0.990. The zero-order valence-electron chi connectivity index (χ0n) is 8.08. The molecule has 1 aromatic rings. The Kier molecular flexibility index (Phi) is 1.82. The fraction of sp³-hybridized carbons (Fsp3) is 0.444. The van der Waals surface area contributed by atoms with Crippen LogP contribution >= 0.6 is 11.3 Å². The van der Waals surface area contributed by atoms with Crippen LogP contribution in [0.5, 0.6) is 0 Å². The fourth-order valence-electron chi connectivity index (χ4n) is 1.34. The molecule has 2 nitrogen and oxygen atoms in total. The molecule has 0 bridgehead atoms. The molecule has 0 spiro atoms. The van der Waals surface area contributed by atoms with E-state index in [-0.39, 0.29) is 0 Å². The van der Waals surface area contributed by atoms with Crippen LogP contribution < -0.4 is 4.90 Å². The molecule has 0 saturated carbocycles. The first-order valence-electron chi connectivity index (χ1n) is 4.66. The average Bonchev–Trinajstić information content (AvgIpc) is 2.59. The Bertz CT molecular complexity index is 332. The molecule has 2 rings (SSSR count). The minimum atomic E-state index is 0.434. The third kappa shape index (κ3) is 1.25. The van der Waals surface area contributed by atoms with E-state index >= 15 is 0 Å². The summed E-state index contributed by atoms with van der Waals surface area (Å²) in [7, 11) is 0. The largest absolute Gasteiger partial charge is 0.343 e. The van der Waals surface area contributed by atoms with Gasteiger partial charge in [0.2, 0.25) is 0 Å². The first-order chi connectivity index (χ1) is 6.33. The summed E-state index contributed by atoms with van der Waals surface area (Å²) in [6.07, 6.45) is 1.56. The second kappa shape index (κ2) is 3.27. The normalized spacial score (nSPS) is 16.9. The lowest BCUT2D eigenvalue weighted by Crippen LogP contribution is -2.26. The lowest BCUT2D eigenvalue weighted by atomic mass is 10.3. The number of thiophene rings is 1. The van der Waals surface area contributed by atoms with Crippen molar-refractivity contribution in [3.63, 3.8) is 0 Å². The topological polar surface area (TPSA) is 15.6 Å². The molecule has 0 unspecified atom stereocenters. The summed E-state index contributed by atoms with van der Waals surface area (Å²) in [6, 6.07) is 1.98. The first kappa shape index (κ1) is 6.66. The third-order valence-corrected chi connectivity index (χ3v) is 2.84. The predicted octanol–water partition coefficient (Wildman–Crippen LogP) is 2.35. The van der Waals surface area contributed by atoms with E-state index in [2.05, 4.69) is 16.8 Å². The number of aliphatic imine (C=N–C) groups is 1. The summed E-state index contributed by atoms with van der Waals surface area (Å²) in [5, 5.41) is 3.24. The van der Waals surface area contributed by atoms with Gasteiger partial charge >= 0.3 is 0 Å². The Morgan fingerprint density at radius 2 is 2.75 bits per heavy atom. The summed E-state index contributed by atoms with van der Waals surface area (Å²) in [4.78, 5) is 6.39. The molecule has 64 valence electrons. The molecule has 0 radical (unpaired) electrons. The van der Waals surface area contributed by atoms with Gasteiger partial charge in [0, 0.05) is 18.3 Å². The molecule has 3 heteroatoms. The van der Waals surface area contributed by atoms with Gasteiger partial charge in [-0.3, -0.25) is 4.99 Å². The second-order valence-electron chi connectivity index (χ2n) is 2.81. The van der Waals surface area contributed by atoms with Crippen molar-refractivity contribution in [3.8, 4) is 0 Å². The molecule has 12 heavy (non-hydrogen) atoms. The van der Waals surface area contributed by atoms with Crippen molar-refractivity contribution in [1.29, 1.82) is 0 Å².